The Labute approximate surface area is 194 Å². The average Bonchev–Trinajstić information content (AvgIpc) is 2.84. The summed E-state index contributed by atoms with van der Waals surface area (Å²) in [7, 11) is 0. The zero-order chi connectivity index (χ0) is 24.8. The molecule has 0 spiro atoms. The molecule has 0 radical (unpaired) electrons. The molecule has 1 rings (SSSR count). The van der Waals surface area contributed by atoms with Gasteiger partial charge in [0, 0.05) is 58.9 Å². The van der Waals surface area contributed by atoms with Crippen molar-refractivity contribution in [3.63, 3.8) is 0 Å². The number of aliphatic imine (C=N–C) groups is 3. The second kappa shape index (κ2) is 15.2. The Morgan fingerprint density at radius 2 is 0.758 bits per heavy atom. The second-order valence-corrected chi connectivity index (χ2v) is 7.84. The van der Waals surface area contributed by atoms with Crippen LogP contribution in [0.1, 0.15) is 20.8 Å². The monoisotopic (exact) mass is 468 g/mol. The van der Waals surface area contributed by atoms with Crippen LogP contribution in [0.2, 0.25) is 0 Å². The van der Waals surface area contributed by atoms with Crippen molar-refractivity contribution in [1.29, 1.82) is 0 Å². The Morgan fingerprint density at radius 1 is 0.545 bits per heavy atom. The lowest BCUT2D eigenvalue weighted by molar-refractivity contribution is -0.130. The van der Waals surface area contributed by atoms with E-state index in [1.807, 2.05) is 0 Å². The Bertz CT molecular complexity index is 654. The molecule has 186 valence electrons. The van der Waals surface area contributed by atoms with Crippen LogP contribution in [0.5, 0.6) is 0 Å². The molecule has 0 atom stereocenters. The van der Waals surface area contributed by atoms with Gasteiger partial charge in [-0.1, -0.05) is 0 Å². The van der Waals surface area contributed by atoms with E-state index in [0.717, 1.165) is 39.3 Å². The van der Waals surface area contributed by atoms with Crippen molar-refractivity contribution < 1.29 is 29.7 Å². The molecule has 0 saturated carbocycles. The Kier molecular flexibility index (Phi) is 13.0. The zero-order valence-electron chi connectivity index (χ0n) is 19.7. The fourth-order valence-electron chi connectivity index (χ4n) is 3.14. The van der Waals surface area contributed by atoms with Crippen molar-refractivity contribution in [2.75, 3.05) is 78.5 Å². The summed E-state index contributed by atoms with van der Waals surface area (Å²) in [5.41, 5.74) is 0.252. The smallest absolute Gasteiger partial charge is 0.349 e. The molecule has 0 unspecified atom stereocenters. The van der Waals surface area contributed by atoms with E-state index >= 15 is 0 Å². The normalized spacial score (nSPS) is 18.5. The maximum Gasteiger partial charge on any atom is 0.349 e. The van der Waals surface area contributed by atoms with Crippen LogP contribution >= 0.6 is 0 Å². The van der Waals surface area contributed by atoms with E-state index in [2.05, 4.69) is 29.7 Å². The predicted molar refractivity (Wildman–Crippen MR) is 126 cm³/mol. The third-order valence-electron chi connectivity index (χ3n) is 5.42. The minimum atomic E-state index is -1.02. The molecule has 1 aliphatic heterocycles. The summed E-state index contributed by atoms with van der Waals surface area (Å²) in [6.45, 7) is 12.1. The summed E-state index contributed by atoms with van der Waals surface area (Å²) in [5.74, 6) is -3.07. The maximum atomic E-state index is 10.9. The Hall–Kier alpha value is -2.70. The molecule has 0 aliphatic carbocycles. The summed E-state index contributed by atoms with van der Waals surface area (Å²) in [6.07, 6.45) is 0. The highest BCUT2D eigenvalue weighted by molar-refractivity contribution is 6.35. The standard InChI is InChI=1S/C21H36N6O6/c1-16(19(28)29)22-4-7-25-10-12-26(8-5-23-17(2)20(30)31)14-15-27(13-11-25)9-6-24-18(3)21(32)33/h4-15H2,1-3H3,(H,28,29)(H,30,31)(H,32,33). The summed E-state index contributed by atoms with van der Waals surface area (Å²) < 4.78 is 0. The Balaban J connectivity index is 2.77. The third-order valence-corrected chi connectivity index (χ3v) is 5.42. The lowest BCUT2D eigenvalue weighted by atomic mass is 10.4. The van der Waals surface area contributed by atoms with Crippen LogP contribution in [0.25, 0.3) is 0 Å². The van der Waals surface area contributed by atoms with Gasteiger partial charge in [0.05, 0.1) is 19.6 Å². The molecule has 3 N–H and O–H groups in total. The molecule has 1 saturated heterocycles. The number of carboxylic acid groups (broad SMARTS) is 3. The van der Waals surface area contributed by atoms with Crippen molar-refractivity contribution in [1.82, 2.24) is 14.7 Å². The van der Waals surface area contributed by atoms with Crippen molar-refractivity contribution in [2.45, 2.75) is 20.8 Å². The number of hydrogen-bond acceptors (Lipinski definition) is 9. The van der Waals surface area contributed by atoms with E-state index in [0.29, 0.717) is 39.3 Å². The predicted octanol–water partition coefficient (Wildman–Crippen LogP) is -0.457. The van der Waals surface area contributed by atoms with Gasteiger partial charge in [-0.2, -0.15) is 0 Å². The highest BCUT2D eigenvalue weighted by Crippen LogP contribution is 2.02. The van der Waals surface area contributed by atoms with Crippen LogP contribution in [0, 0.1) is 0 Å². The van der Waals surface area contributed by atoms with E-state index < -0.39 is 17.9 Å². The molecule has 1 fully saturated rings. The van der Waals surface area contributed by atoms with Gasteiger partial charge in [0.1, 0.15) is 17.1 Å². The van der Waals surface area contributed by atoms with E-state index in [4.69, 9.17) is 15.3 Å². The summed E-state index contributed by atoms with van der Waals surface area (Å²) >= 11 is 0. The van der Waals surface area contributed by atoms with Gasteiger partial charge in [0.15, 0.2) is 0 Å². The molecule has 0 aromatic heterocycles. The van der Waals surface area contributed by atoms with Crippen LogP contribution in [0.3, 0.4) is 0 Å². The summed E-state index contributed by atoms with van der Waals surface area (Å²) in [4.78, 5) is 51.8. The van der Waals surface area contributed by atoms with Gasteiger partial charge in [-0.3, -0.25) is 29.7 Å². The SMILES string of the molecule is CC(=NCCN1CCN(CCN=C(C)C(=O)O)CCN(CCN=C(C)C(=O)O)CC1)C(=O)O. The van der Waals surface area contributed by atoms with Crippen LogP contribution in [-0.4, -0.2) is 144 Å². The molecule has 0 aromatic rings. The molecule has 1 aliphatic rings. The van der Waals surface area contributed by atoms with Crippen LogP contribution in [0.15, 0.2) is 15.0 Å². The summed E-state index contributed by atoms with van der Waals surface area (Å²) in [6, 6.07) is 0. The minimum absolute atomic E-state index is 0.0841. The second-order valence-electron chi connectivity index (χ2n) is 7.84. The molecule has 0 amide bonds. The lowest BCUT2D eigenvalue weighted by Gasteiger charge is -2.24. The highest BCUT2D eigenvalue weighted by Gasteiger charge is 2.16. The van der Waals surface area contributed by atoms with Gasteiger partial charge >= 0.3 is 17.9 Å². The average molecular weight is 469 g/mol. The number of hydrogen-bond donors (Lipinski definition) is 3. The van der Waals surface area contributed by atoms with E-state index in [1.54, 1.807) is 0 Å². The van der Waals surface area contributed by atoms with E-state index in [1.165, 1.54) is 20.8 Å². The molecule has 33 heavy (non-hydrogen) atoms. The maximum absolute atomic E-state index is 10.9. The van der Waals surface area contributed by atoms with Crippen molar-refractivity contribution >= 4 is 35.0 Å². The van der Waals surface area contributed by atoms with Gasteiger partial charge < -0.3 is 15.3 Å². The zero-order valence-corrected chi connectivity index (χ0v) is 19.7. The third kappa shape index (κ3) is 12.2. The van der Waals surface area contributed by atoms with Crippen molar-refractivity contribution in [3.05, 3.63) is 0 Å². The number of carboxylic acids is 3. The molecule has 0 bridgehead atoms. The highest BCUT2D eigenvalue weighted by atomic mass is 16.4. The fourth-order valence-corrected chi connectivity index (χ4v) is 3.14. The van der Waals surface area contributed by atoms with Crippen LogP contribution < -0.4 is 0 Å². The Morgan fingerprint density at radius 3 is 0.939 bits per heavy atom. The first-order valence-electron chi connectivity index (χ1n) is 11.0. The molecular formula is C21H36N6O6. The van der Waals surface area contributed by atoms with Gasteiger partial charge in [-0.25, -0.2) is 14.4 Å². The van der Waals surface area contributed by atoms with Crippen molar-refractivity contribution in [2.24, 2.45) is 15.0 Å². The van der Waals surface area contributed by atoms with Crippen LogP contribution in [0.4, 0.5) is 0 Å². The fraction of sp³-hybridized carbons (Fsp3) is 0.714. The molecule has 12 nitrogen and oxygen atoms in total. The first kappa shape index (κ1) is 28.3. The molecule has 1 heterocycles. The van der Waals surface area contributed by atoms with Gasteiger partial charge in [0.25, 0.3) is 0 Å². The molecular weight excluding hydrogens is 432 g/mol. The minimum Gasteiger partial charge on any atom is -0.477 e. The van der Waals surface area contributed by atoms with E-state index in [-0.39, 0.29) is 17.1 Å². The number of rotatable bonds is 12. The lowest BCUT2D eigenvalue weighted by Crippen LogP contribution is -2.38. The first-order chi connectivity index (χ1) is 15.6. The van der Waals surface area contributed by atoms with Gasteiger partial charge in [-0.05, 0) is 20.8 Å². The number of aliphatic carboxylic acids is 3. The van der Waals surface area contributed by atoms with Crippen molar-refractivity contribution in [3.8, 4) is 0 Å². The molecule has 12 heteroatoms. The van der Waals surface area contributed by atoms with E-state index in [9.17, 15) is 14.4 Å². The van der Waals surface area contributed by atoms with Gasteiger partial charge in [0.2, 0.25) is 0 Å². The molecule has 0 aromatic carbocycles. The summed E-state index contributed by atoms with van der Waals surface area (Å²) in [5, 5.41) is 26.9. The first-order valence-corrected chi connectivity index (χ1v) is 11.0. The number of carbonyl (C=O) groups is 3. The van der Waals surface area contributed by atoms with Gasteiger partial charge in [-0.15, -0.1) is 0 Å². The van der Waals surface area contributed by atoms with Crippen LogP contribution in [-0.2, 0) is 14.4 Å². The quantitative estimate of drug-likeness (QED) is 0.322. The topological polar surface area (TPSA) is 159 Å². The number of nitrogens with zero attached hydrogens (tertiary/aromatic N) is 6. The largest absolute Gasteiger partial charge is 0.477 e.